The fraction of sp³-hybridized carbons (Fsp3) is 0.200. The van der Waals surface area contributed by atoms with Crippen LogP contribution in [0.25, 0.3) is 32.9 Å². The van der Waals surface area contributed by atoms with Gasteiger partial charge in [0.15, 0.2) is 5.82 Å². The number of nitrogens with one attached hydrogen (secondary N) is 2. The molecule has 0 bridgehead atoms. The van der Waals surface area contributed by atoms with E-state index in [2.05, 4.69) is 30.7 Å². The average molecular weight is 458 g/mol. The van der Waals surface area contributed by atoms with Gasteiger partial charge in [0.05, 0.1) is 28.3 Å². The third kappa shape index (κ3) is 4.13. The Morgan fingerprint density at radius 3 is 2.76 bits per heavy atom. The Morgan fingerprint density at radius 1 is 1.09 bits per heavy atom. The van der Waals surface area contributed by atoms with Crippen LogP contribution >= 0.6 is 0 Å². The van der Waals surface area contributed by atoms with E-state index in [0.29, 0.717) is 45.6 Å². The van der Waals surface area contributed by atoms with Crippen molar-refractivity contribution in [2.45, 2.75) is 13.0 Å². The van der Waals surface area contributed by atoms with Crippen molar-refractivity contribution in [3.8, 4) is 16.9 Å². The Morgan fingerprint density at radius 2 is 1.97 bits per heavy atom. The molecule has 1 atom stereocenters. The van der Waals surface area contributed by atoms with E-state index in [1.54, 1.807) is 41.3 Å². The molecule has 3 heterocycles. The molecule has 0 saturated heterocycles. The predicted octanol–water partition coefficient (Wildman–Crippen LogP) is 4.45. The first-order valence-corrected chi connectivity index (χ1v) is 10.9. The van der Waals surface area contributed by atoms with Gasteiger partial charge in [-0.2, -0.15) is 5.10 Å². The molecule has 0 aliphatic carbocycles. The fourth-order valence-electron chi connectivity index (χ4n) is 3.97. The van der Waals surface area contributed by atoms with Crippen molar-refractivity contribution in [1.29, 1.82) is 0 Å². The predicted molar refractivity (Wildman–Crippen MR) is 131 cm³/mol. The zero-order chi connectivity index (χ0) is 23.7. The van der Waals surface area contributed by atoms with E-state index in [4.69, 9.17) is 4.74 Å². The van der Waals surface area contributed by atoms with E-state index < -0.39 is 5.82 Å². The summed E-state index contributed by atoms with van der Waals surface area (Å²) in [7, 11) is 3.74. The van der Waals surface area contributed by atoms with Gasteiger partial charge in [-0.15, -0.1) is 0 Å². The summed E-state index contributed by atoms with van der Waals surface area (Å²) in [6, 6.07) is 10.7. The fourth-order valence-corrected chi connectivity index (χ4v) is 3.97. The Bertz CT molecular complexity index is 1480. The van der Waals surface area contributed by atoms with Gasteiger partial charge in [-0.25, -0.2) is 14.4 Å². The summed E-state index contributed by atoms with van der Waals surface area (Å²) in [6.07, 6.45) is 6.71. The second kappa shape index (κ2) is 9.03. The number of hydrogen-bond donors (Lipinski definition) is 2. The number of ether oxygens (including phenoxy) is 1. The molecule has 5 rings (SSSR count). The number of fused-ring (bicyclic) bond motifs is 2. The van der Waals surface area contributed by atoms with Gasteiger partial charge < -0.3 is 15.4 Å². The molecule has 0 amide bonds. The first kappa shape index (κ1) is 21.7. The maximum atomic E-state index is 15.3. The van der Waals surface area contributed by atoms with Crippen molar-refractivity contribution in [2.75, 3.05) is 18.9 Å². The third-order valence-corrected chi connectivity index (χ3v) is 5.53. The number of rotatable bonds is 7. The molecule has 34 heavy (non-hydrogen) atoms. The number of anilines is 2. The summed E-state index contributed by atoms with van der Waals surface area (Å²) in [6.45, 7) is 2.63. The molecule has 5 aromatic rings. The third-order valence-electron chi connectivity index (χ3n) is 5.53. The van der Waals surface area contributed by atoms with Crippen molar-refractivity contribution in [1.82, 2.24) is 30.0 Å². The van der Waals surface area contributed by atoms with Crippen molar-refractivity contribution >= 4 is 33.3 Å². The molecular formula is C25H24FN7O. The number of likely N-dealkylation sites (N-methyl/N-ethyl adjacent to an activating group) is 1. The smallest absolute Gasteiger partial charge is 0.156 e. The lowest BCUT2D eigenvalue weighted by molar-refractivity contribution is 0.223. The largest absolute Gasteiger partial charge is 0.489 e. The number of benzene rings is 2. The summed E-state index contributed by atoms with van der Waals surface area (Å²) < 4.78 is 23.3. The molecule has 0 fully saturated rings. The van der Waals surface area contributed by atoms with E-state index in [9.17, 15) is 0 Å². The maximum absolute atomic E-state index is 15.3. The molecule has 0 unspecified atom stereocenters. The van der Waals surface area contributed by atoms with Gasteiger partial charge >= 0.3 is 0 Å². The highest BCUT2D eigenvalue weighted by Crippen LogP contribution is 2.37. The van der Waals surface area contributed by atoms with Crippen molar-refractivity contribution in [3.63, 3.8) is 0 Å². The van der Waals surface area contributed by atoms with Gasteiger partial charge in [0.25, 0.3) is 0 Å². The molecule has 0 saturated carbocycles. The number of hydrogen-bond acceptors (Lipinski definition) is 7. The van der Waals surface area contributed by atoms with Gasteiger partial charge in [0.1, 0.15) is 24.0 Å². The highest BCUT2D eigenvalue weighted by molar-refractivity contribution is 5.99. The summed E-state index contributed by atoms with van der Waals surface area (Å²) in [5.41, 5.74) is 3.42. The molecule has 0 radical (unpaired) electrons. The highest BCUT2D eigenvalue weighted by atomic mass is 19.1. The summed E-state index contributed by atoms with van der Waals surface area (Å²) in [5, 5.41) is 11.7. The van der Waals surface area contributed by atoms with Gasteiger partial charge in [-0.05, 0) is 55.9 Å². The first-order valence-electron chi connectivity index (χ1n) is 10.9. The SMILES string of the molecule is CNC[C@@H](C)Oc1cc(-c2cnn(C)c2)cc2ncnc(Nc3ccc4ncccc4c3F)c12. The van der Waals surface area contributed by atoms with Gasteiger partial charge in [0, 0.05) is 36.9 Å². The first-order chi connectivity index (χ1) is 16.5. The summed E-state index contributed by atoms with van der Waals surface area (Å²) in [5.74, 6) is 0.664. The van der Waals surface area contributed by atoms with E-state index in [1.807, 2.05) is 39.3 Å². The normalized spacial score (nSPS) is 12.2. The minimum Gasteiger partial charge on any atom is -0.489 e. The molecule has 0 spiro atoms. The van der Waals surface area contributed by atoms with Crippen LogP contribution in [0.5, 0.6) is 5.75 Å². The Hall–Kier alpha value is -4.11. The minimum absolute atomic E-state index is 0.117. The lowest BCUT2D eigenvalue weighted by atomic mass is 10.1. The van der Waals surface area contributed by atoms with Crippen LogP contribution in [0.4, 0.5) is 15.9 Å². The Labute approximate surface area is 195 Å². The van der Waals surface area contributed by atoms with Gasteiger partial charge in [-0.3, -0.25) is 9.67 Å². The molecule has 2 aromatic carbocycles. The molecule has 3 aromatic heterocycles. The topological polar surface area (TPSA) is 89.8 Å². The lowest BCUT2D eigenvalue weighted by Crippen LogP contribution is -2.26. The van der Waals surface area contributed by atoms with E-state index in [0.717, 1.165) is 11.1 Å². The molecule has 0 aliphatic rings. The summed E-state index contributed by atoms with van der Waals surface area (Å²) >= 11 is 0. The standard InChI is InChI=1S/C25H24FN7O/c1-15(11-27-2)34-22-10-16(17-12-31-33(3)13-17)9-21-23(22)25(30-14-29-21)32-20-7-6-19-18(24(20)26)5-4-8-28-19/h4-10,12-15,27H,11H2,1-3H3,(H,29,30,32)/t15-/m1/s1. The molecular weight excluding hydrogens is 433 g/mol. The van der Waals surface area contributed by atoms with Crippen molar-refractivity contribution in [3.05, 3.63) is 67.1 Å². The second-order valence-electron chi connectivity index (χ2n) is 8.10. The minimum atomic E-state index is -0.393. The van der Waals surface area contributed by atoms with Crippen LogP contribution in [0.3, 0.4) is 0 Å². The lowest BCUT2D eigenvalue weighted by Gasteiger charge is -2.19. The Balaban J connectivity index is 1.64. The monoisotopic (exact) mass is 457 g/mol. The van der Waals surface area contributed by atoms with Gasteiger partial charge in [-0.1, -0.05) is 0 Å². The quantitative estimate of drug-likeness (QED) is 0.373. The van der Waals surface area contributed by atoms with Gasteiger partial charge in [0.2, 0.25) is 0 Å². The van der Waals surface area contributed by atoms with Crippen LogP contribution in [0.1, 0.15) is 6.92 Å². The van der Waals surface area contributed by atoms with Crippen molar-refractivity contribution in [2.24, 2.45) is 7.05 Å². The second-order valence-corrected chi connectivity index (χ2v) is 8.10. The number of aromatic nitrogens is 5. The van der Waals surface area contributed by atoms with Crippen LogP contribution in [-0.2, 0) is 7.05 Å². The number of halogens is 1. The van der Waals surface area contributed by atoms with Crippen LogP contribution in [0.2, 0.25) is 0 Å². The number of pyridine rings is 1. The average Bonchev–Trinajstić information content (AvgIpc) is 3.27. The molecule has 172 valence electrons. The van der Waals surface area contributed by atoms with Crippen LogP contribution in [0.15, 0.2) is 61.3 Å². The van der Waals surface area contributed by atoms with E-state index >= 15 is 4.39 Å². The zero-order valence-electron chi connectivity index (χ0n) is 19.1. The van der Waals surface area contributed by atoms with Crippen LogP contribution in [0, 0.1) is 5.82 Å². The maximum Gasteiger partial charge on any atom is 0.156 e. The van der Waals surface area contributed by atoms with E-state index in [1.165, 1.54) is 6.33 Å². The zero-order valence-corrected chi connectivity index (χ0v) is 19.1. The van der Waals surface area contributed by atoms with E-state index in [-0.39, 0.29) is 6.10 Å². The molecule has 0 aliphatic heterocycles. The van der Waals surface area contributed by atoms with Crippen LogP contribution in [-0.4, -0.2) is 44.4 Å². The molecule has 2 N–H and O–H groups in total. The summed E-state index contributed by atoms with van der Waals surface area (Å²) in [4.78, 5) is 13.1. The number of aryl methyl sites for hydroxylation is 1. The highest BCUT2D eigenvalue weighted by Gasteiger charge is 2.18. The Kier molecular flexibility index (Phi) is 5.77. The molecule has 9 heteroatoms. The van der Waals surface area contributed by atoms with Crippen molar-refractivity contribution < 1.29 is 9.13 Å². The van der Waals surface area contributed by atoms with Crippen LogP contribution < -0.4 is 15.4 Å². The molecule has 8 nitrogen and oxygen atoms in total. The number of nitrogens with zero attached hydrogens (tertiary/aromatic N) is 5.